The Kier molecular flexibility index (Phi) is 9.51. The molecule has 1 unspecified atom stereocenters. The molecule has 2 aromatic carbocycles. The molecule has 0 spiro atoms. The number of benzene rings is 2. The summed E-state index contributed by atoms with van der Waals surface area (Å²) >= 11 is 0. The van der Waals surface area contributed by atoms with Gasteiger partial charge in [-0.05, 0) is 82.2 Å². The van der Waals surface area contributed by atoms with E-state index < -0.39 is 11.9 Å². The fraction of sp³-hybridized carbons (Fsp3) is 0.439. The lowest BCUT2D eigenvalue weighted by Crippen LogP contribution is -2.45. The minimum absolute atomic E-state index is 0.217. The predicted octanol–water partition coefficient (Wildman–Crippen LogP) is 4.30. The highest BCUT2D eigenvalue weighted by Gasteiger charge is 2.33. The van der Waals surface area contributed by atoms with Gasteiger partial charge >= 0.3 is 5.69 Å². The van der Waals surface area contributed by atoms with Gasteiger partial charge in [0.1, 0.15) is 17.4 Å². The van der Waals surface area contributed by atoms with Gasteiger partial charge in [0.05, 0.1) is 47.3 Å². The first kappa shape index (κ1) is 36.6. The van der Waals surface area contributed by atoms with E-state index in [2.05, 4.69) is 54.5 Å². The Balaban J connectivity index is 0.806. The average Bonchev–Trinajstić information content (AvgIpc) is 3.92. The van der Waals surface area contributed by atoms with Crippen LogP contribution >= 0.6 is 0 Å². The maximum Gasteiger partial charge on any atom is 0.329 e. The maximum absolute atomic E-state index is 13.5. The Labute approximate surface area is 328 Å². The molecule has 6 aromatic rings. The zero-order chi connectivity index (χ0) is 39.4. The molecule has 1 aliphatic carbocycles. The van der Waals surface area contributed by atoms with Crippen molar-refractivity contribution in [1.82, 2.24) is 43.7 Å². The lowest BCUT2D eigenvalue weighted by molar-refractivity contribution is -0.135. The van der Waals surface area contributed by atoms with Crippen molar-refractivity contribution < 1.29 is 19.1 Å². The highest BCUT2D eigenvalue weighted by atomic mass is 16.5. The highest BCUT2D eigenvalue weighted by Crippen LogP contribution is 2.37. The number of fused-ring (bicyclic) bond motifs is 3. The van der Waals surface area contributed by atoms with Gasteiger partial charge in [-0.1, -0.05) is 6.07 Å². The van der Waals surface area contributed by atoms with Gasteiger partial charge in [-0.15, -0.1) is 0 Å². The van der Waals surface area contributed by atoms with Crippen molar-refractivity contribution in [3.8, 4) is 5.75 Å². The molecule has 3 amide bonds. The zero-order valence-electron chi connectivity index (χ0n) is 32.4. The number of aryl methyl sites for hydroxylation is 1. The number of hydrogen-bond donors (Lipinski definition) is 2. The first-order valence-corrected chi connectivity index (χ1v) is 19.8. The van der Waals surface area contributed by atoms with E-state index in [1.807, 2.05) is 24.3 Å². The van der Waals surface area contributed by atoms with Crippen molar-refractivity contribution in [2.75, 3.05) is 44.0 Å². The molecule has 6 heterocycles. The summed E-state index contributed by atoms with van der Waals surface area (Å²) in [4.78, 5) is 60.4. The Bertz CT molecular complexity index is 2570. The molecular weight excluding hydrogens is 727 g/mol. The SMILES string of the molecule is COc1cc2nn([C@H]3CC[C@H](CN(C)C4CCN(c5cccc6c5n(C)c(=O)n6C5CCC(=O)NC5=O)CC4)CC3)cc2cc1NC(=O)c1cnn2cccnc12. The maximum atomic E-state index is 13.5. The number of imidazole rings is 1. The molecule has 9 rings (SSSR count). The van der Waals surface area contributed by atoms with Crippen molar-refractivity contribution in [1.29, 1.82) is 0 Å². The number of methoxy groups -OCH3 is 1. The van der Waals surface area contributed by atoms with Crippen LogP contribution in [0.25, 0.3) is 27.6 Å². The smallest absolute Gasteiger partial charge is 0.329 e. The standard InChI is InChI=1S/C41H47N11O5/c1-47(27-14-18-49(19-15-27)32-6-4-7-33-37(32)48(2)41(56)52(33)34-12-13-36(53)45-40(34)55)23-25-8-10-28(11-9-25)51-24-26-20-31(35(57-3)21-30(26)46-51)44-39(54)29-22-43-50-17-5-16-42-38(29)50/h4-7,16-17,20-22,24-25,27-28,34H,8-15,18-19,23H2,1-3H3,(H,44,54)(H,45,53,55)/t25-,28-,34?. The largest absolute Gasteiger partial charge is 0.494 e. The second-order valence-electron chi connectivity index (χ2n) is 15.8. The fourth-order valence-electron chi connectivity index (χ4n) is 9.30. The second-order valence-corrected chi connectivity index (χ2v) is 15.8. The molecule has 0 radical (unpaired) electrons. The van der Waals surface area contributed by atoms with E-state index in [0.29, 0.717) is 47.1 Å². The van der Waals surface area contributed by atoms with E-state index >= 15 is 0 Å². The highest BCUT2D eigenvalue weighted by molar-refractivity contribution is 6.09. The summed E-state index contributed by atoms with van der Waals surface area (Å²) in [6, 6.07) is 11.6. The Hall–Kier alpha value is -6.03. The van der Waals surface area contributed by atoms with E-state index in [0.717, 1.165) is 85.8 Å². The van der Waals surface area contributed by atoms with Gasteiger partial charge < -0.3 is 19.9 Å². The van der Waals surface area contributed by atoms with Crippen molar-refractivity contribution in [3.63, 3.8) is 0 Å². The molecule has 3 aliphatic rings. The molecule has 2 aliphatic heterocycles. The van der Waals surface area contributed by atoms with E-state index in [1.54, 1.807) is 46.3 Å². The molecule has 16 nitrogen and oxygen atoms in total. The van der Waals surface area contributed by atoms with Crippen molar-refractivity contribution in [3.05, 3.63) is 77.2 Å². The molecule has 4 aromatic heterocycles. The number of carbonyl (C=O) groups is 3. The van der Waals surface area contributed by atoms with Gasteiger partial charge in [0.25, 0.3) is 5.91 Å². The molecule has 296 valence electrons. The third-order valence-corrected chi connectivity index (χ3v) is 12.4. The number of anilines is 2. The van der Waals surface area contributed by atoms with Crippen LogP contribution in [0.15, 0.2) is 66.0 Å². The number of imide groups is 1. The van der Waals surface area contributed by atoms with Crippen LogP contribution in [0, 0.1) is 5.92 Å². The van der Waals surface area contributed by atoms with Gasteiger partial charge in [-0.25, -0.2) is 14.3 Å². The summed E-state index contributed by atoms with van der Waals surface area (Å²) in [6.45, 7) is 2.80. The summed E-state index contributed by atoms with van der Waals surface area (Å²) in [5.41, 5.74) is 4.55. The van der Waals surface area contributed by atoms with Crippen LogP contribution < -0.4 is 26.0 Å². The minimum atomic E-state index is -0.699. The number of carbonyl (C=O) groups excluding carboxylic acids is 3. The zero-order valence-corrected chi connectivity index (χ0v) is 32.4. The van der Waals surface area contributed by atoms with Crippen LogP contribution in [0.1, 0.15) is 73.8 Å². The number of rotatable bonds is 9. The lowest BCUT2D eigenvalue weighted by atomic mass is 9.85. The summed E-state index contributed by atoms with van der Waals surface area (Å²) in [5.74, 6) is 0.120. The van der Waals surface area contributed by atoms with Crippen LogP contribution in [-0.4, -0.2) is 96.0 Å². The minimum Gasteiger partial charge on any atom is -0.494 e. The van der Waals surface area contributed by atoms with Crippen LogP contribution in [0.4, 0.5) is 11.4 Å². The number of ether oxygens (including phenoxy) is 1. The van der Waals surface area contributed by atoms with Gasteiger partial charge in [-0.3, -0.25) is 33.5 Å². The number of aromatic nitrogens is 7. The molecule has 1 saturated carbocycles. The number of nitrogens with zero attached hydrogens (tertiary/aromatic N) is 9. The molecule has 16 heteroatoms. The number of nitrogens with one attached hydrogen (secondary N) is 2. The monoisotopic (exact) mass is 773 g/mol. The van der Waals surface area contributed by atoms with Gasteiger partial charge in [0, 0.05) is 69.2 Å². The third-order valence-electron chi connectivity index (χ3n) is 12.4. The van der Waals surface area contributed by atoms with Crippen LogP contribution in [0.3, 0.4) is 0 Å². The fourth-order valence-corrected chi connectivity index (χ4v) is 9.30. The lowest BCUT2D eigenvalue weighted by Gasteiger charge is -2.40. The van der Waals surface area contributed by atoms with E-state index in [4.69, 9.17) is 9.84 Å². The van der Waals surface area contributed by atoms with Crippen molar-refractivity contribution in [2.24, 2.45) is 13.0 Å². The Morgan fingerprint density at radius 1 is 1.04 bits per heavy atom. The van der Waals surface area contributed by atoms with Gasteiger partial charge in [0.15, 0.2) is 5.65 Å². The van der Waals surface area contributed by atoms with Crippen LogP contribution in [0.5, 0.6) is 5.75 Å². The van der Waals surface area contributed by atoms with Gasteiger partial charge in [-0.2, -0.15) is 10.2 Å². The first-order chi connectivity index (χ1) is 27.7. The first-order valence-electron chi connectivity index (χ1n) is 19.8. The Morgan fingerprint density at radius 3 is 2.61 bits per heavy atom. The molecule has 3 fully saturated rings. The summed E-state index contributed by atoms with van der Waals surface area (Å²) in [6.07, 6.45) is 13.9. The molecule has 57 heavy (non-hydrogen) atoms. The Morgan fingerprint density at radius 2 is 1.84 bits per heavy atom. The molecule has 2 N–H and O–H groups in total. The summed E-state index contributed by atoms with van der Waals surface area (Å²) < 4.78 is 12.5. The molecule has 0 bridgehead atoms. The van der Waals surface area contributed by atoms with E-state index in [-0.39, 0.29) is 23.9 Å². The quantitative estimate of drug-likeness (QED) is 0.203. The third kappa shape index (κ3) is 6.70. The molecular formula is C41H47N11O5. The molecule has 2 saturated heterocycles. The van der Waals surface area contributed by atoms with Crippen molar-refractivity contribution in [2.45, 2.75) is 69.5 Å². The van der Waals surface area contributed by atoms with E-state index in [1.165, 1.54) is 6.20 Å². The second kappa shape index (κ2) is 14.8. The van der Waals surface area contributed by atoms with Crippen LogP contribution in [0.2, 0.25) is 0 Å². The normalized spacial score (nSPS) is 20.8. The number of para-hydroxylation sites is 1. The van der Waals surface area contributed by atoms with Crippen molar-refractivity contribution >= 4 is 56.7 Å². The summed E-state index contributed by atoms with van der Waals surface area (Å²) in [7, 11) is 5.61. The average molecular weight is 774 g/mol. The summed E-state index contributed by atoms with van der Waals surface area (Å²) in [5, 5.41) is 15.5. The predicted molar refractivity (Wildman–Crippen MR) is 215 cm³/mol. The number of hydrogen-bond acceptors (Lipinski definition) is 10. The number of piperidine rings is 2. The van der Waals surface area contributed by atoms with Crippen LogP contribution in [-0.2, 0) is 16.6 Å². The topological polar surface area (TPSA) is 166 Å². The number of amides is 3. The molecule has 1 atom stereocenters. The van der Waals surface area contributed by atoms with E-state index in [9.17, 15) is 19.2 Å². The van der Waals surface area contributed by atoms with Gasteiger partial charge in [0.2, 0.25) is 11.8 Å².